The van der Waals surface area contributed by atoms with Crippen LogP contribution in [0.4, 0.5) is 0 Å². The van der Waals surface area contributed by atoms with E-state index >= 15 is 0 Å². The van der Waals surface area contributed by atoms with Crippen molar-refractivity contribution in [2.24, 2.45) is 11.5 Å². The van der Waals surface area contributed by atoms with Gasteiger partial charge < -0.3 is 11.5 Å². The lowest BCUT2D eigenvalue weighted by Crippen LogP contribution is -2.38. The summed E-state index contributed by atoms with van der Waals surface area (Å²) in [4.78, 5) is 11.2. The van der Waals surface area contributed by atoms with Gasteiger partial charge in [0, 0.05) is 12.1 Å². The van der Waals surface area contributed by atoms with Gasteiger partial charge in [0.1, 0.15) is 4.99 Å². The fourth-order valence-electron chi connectivity index (χ4n) is 1.71. The highest BCUT2D eigenvalue weighted by molar-refractivity contribution is 7.89. The van der Waals surface area contributed by atoms with E-state index in [1.165, 1.54) is 6.07 Å². The van der Waals surface area contributed by atoms with E-state index in [9.17, 15) is 13.2 Å². The van der Waals surface area contributed by atoms with Crippen molar-refractivity contribution >= 4 is 33.1 Å². The number of carbonyl (C=O) groups is 1. The molecular weight excluding hydrogens is 298 g/mol. The van der Waals surface area contributed by atoms with Crippen LogP contribution in [0.1, 0.15) is 18.1 Å². The van der Waals surface area contributed by atoms with E-state index in [4.69, 9.17) is 23.7 Å². The second-order valence-corrected chi connectivity index (χ2v) is 6.59. The Balaban J connectivity index is 3.36. The summed E-state index contributed by atoms with van der Waals surface area (Å²) in [5.41, 5.74) is 11.6. The minimum atomic E-state index is -3.82. The van der Waals surface area contributed by atoms with Crippen molar-refractivity contribution in [3.05, 3.63) is 29.3 Å². The van der Waals surface area contributed by atoms with Crippen molar-refractivity contribution in [3.8, 4) is 0 Å². The van der Waals surface area contributed by atoms with Gasteiger partial charge in [-0.2, -0.15) is 4.31 Å². The van der Waals surface area contributed by atoms with Crippen LogP contribution in [0, 0.1) is 6.92 Å². The lowest BCUT2D eigenvalue weighted by atomic mass is 10.1. The molecule has 0 unspecified atom stereocenters. The molecule has 4 N–H and O–H groups in total. The lowest BCUT2D eigenvalue weighted by molar-refractivity contribution is -0.118. The number of primary amides is 1. The highest BCUT2D eigenvalue weighted by Crippen LogP contribution is 2.21. The SMILES string of the molecule is CCN(CC(N)=O)S(=O)(=O)c1cc(C(N)=S)ccc1C. The Morgan fingerprint density at radius 3 is 2.40 bits per heavy atom. The first-order chi connectivity index (χ1) is 9.20. The van der Waals surface area contributed by atoms with Crippen LogP contribution in [0.3, 0.4) is 0 Å². The molecule has 0 aliphatic heterocycles. The Morgan fingerprint density at radius 1 is 1.35 bits per heavy atom. The zero-order valence-electron chi connectivity index (χ0n) is 11.3. The number of nitrogens with zero attached hydrogens (tertiary/aromatic N) is 1. The first-order valence-corrected chi connectivity index (χ1v) is 7.74. The first-order valence-electron chi connectivity index (χ1n) is 5.89. The van der Waals surface area contributed by atoms with Crippen LogP contribution in [0.25, 0.3) is 0 Å². The highest BCUT2D eigenvalue weighted by Gasteiger charge is 2.26. The van der Waals surface area contributed by atoms with E-state index in [-0.39, 0.29) is 23.0 Å². The van der Waals surface area contributed by atoms with Crippen molar-refractivity contribution in [1.29, 1.82) is 0 Å². The van der Waals surface area contributed by atoms with Crippen molar-refractivity contribution < 1.29 is 13.2 Å². The number of likely N-dealkylation sites (N-methyl/N-ethyl adjacent to an activating group) is 1. The quantitative estimate of drug-likeness (QED) is 0.725. The zero-order valence-corrected chi connectivity index (χ0v) is 12.9. The molecule has 1 amide bonds. The van der Waals surface area contributed by atoms with Gasteiger partial charge in [0.15, 0.2) is 0 Å². The van der Waals surface area contributed by atoms with Gasteiger partial charge in [-0.3, -0.25) is 4.79 Å². The van der Waals surface area contributed by atoms with Gasteiger partial charge in [-0.05, 0) is 18.6 Å². The first kappa shape index (κ1) is 16.5. The van der Waals surface area contributed by atoms with Gasteiger partial charge in [-0.15, -0.1) is 0 Å². The van der Waals surface area contributed by atoms with Crippen molar-refractivity contribution in [2.45, 2.75) is 18.7 Å². The van der Waals surface area contributed by atoms with Gasteiger partial charge in [-0.1, -0.05) is 31.3 Å². The molecule has 0 aliphatic rings. The van der Waals surface area contributed by atoms with E-state index in [1.54, 1.807) is 26.0 Å². The van der Waals surface area contributed by atoms with Crippen molar-refractivity contribution in [1.82, 2.24) is 4.31 Å². The standard InChI is InChI=1S/C12H17N3O3S2/c1-3-15(7-11(13)16)20(17,18)10-6-9(12(14)19)5-4-8(10)2/h4-6H,3,7H2,1-2H3,(H2,13,16)(H2,14,19). The number of sulfonamides is 1. The molecule has 0 fully saturated rings. The van der Waals surface area contributed by atoms with Gasteiger partial charge in [-0.25, -0.2) is 8.42 Å². The molecule has 0 aromatic heterocycles. The van der Waals surface area contributed by atoms with Gasteiger partial charge >= 0.3 is 0 Å². The number of hydrogen-bond acceptors (Lipinski definition) is 4. The molecule has 0 atom stereocenters. The van der Waals surface area contributed by atoms with Crippen LogP contribution in [0.5, 0.6) is 0 Å². The fraction of sp³-hybridized carbons (Fsp3) is 0.333. The predicted octanol–water partition coefficient (Wildman–Crippen LogP) is 0.125. The van der Waals surface area contributed by atoms with E-state index in [1.807, 2.05) is 0 Å². The molecule has 6 nitrogen and oxygen atoms in total. The second kappa shape index (κ2) is 6.29. The number of rotatable bonds is 6. The third-order valence-electron chi connectivity index (χ3n) is 2.78. The Hall–Kier alpha value is -1.51. The molecule has 0 aliphatic carbocycles. The summed E-state index contributed by atoms with van der Waals surface area (Å²) in [7, 11) is -3.82. The maximum absolute atomic E-state index is 12.5. The van der Waals surface area contributed by atoms with Gasteiger partial charge in [0.05, 0.1) is 11.4 Å². The van der Waals surface area contributed by atoms with Crippen LogP contribution in [-0.2, 0) is 14.8 Å². The number of nitrogens with two attached hydrogens (primary N) is 2. The molecule has 1 aromatic rings. The topological polar surface area (TPSA) is 106 Å². The Kier molecular flexibility index (Phi) is 5.21. The summed E-state index contributed by atoms with van der Waals surface area (Å²) in [6.45, 7) is 3.07. The molecule has 20 heavy (non-hydrogen) atoms. The molecule has 0 heterocycles. The number of hydrogen-bond donors (Lipinski definition) is 2. The Morgan fingerprint density at radius 2 is 1.95 bits per heavy atom. The van der Waals surface area contributed by atoms with E-state index in [0.29, 0.717) is 11.1 Å². The van der Waals surface area contributed by atoms with Gasteiger partial charge in [0.25, 0.3) is 0 Å². The summed E-state index contributed by atoms with van der Waals surface area (Å²) in [6.07, 6.45) is 0. The summed E-state index contributed by atoms with van der Waals surface area (Å²) in [6, 6.07) is 4.69. The molecule has 8 heteroatoms. The van der Waals surface area contributed by atoms with Crippen LogP contribution in [-0.4, -0.2) is 36.7 Å². The van der Waals surface area contributed by atoms with Crippen molar-refractivity contribution in [3.63, 3.8) is 0 Å². The van der Waals surface area contributed by atoms with E-state index < -0.39 is 15.9 Å². The summed E-state index contributed by atoms with van der Waals surface area (Å²) < 4.78 is 26.1. The molecule has 1 aromatic carbocycles. The average molecular weight is 315 g/mol. The Bertz CT molecular complexity index is 641. The lowest BCUT2D eigenvalue weighted by Gasteiger charge is -2.20. The second-order valence-electron chi connectivity index (χ2n) is 4.24. The van der Waals surface area contributed by atoms with Crippen LogP contribution in [0.2, 0.25) is 0 Å². The molecule has 110 valence electrons. The molecule has 0 saturated carbocycles. The third-order valence-corrected chi connectivity index (χ3v) is 5.07. The normalized spacial score (nSPS) is 11.6. The molecule has 0 bridgehead atoms. The van der Waals surface area contributed by atoms with Crippen LogP contribution < -0.4 is 11.5 Å². The van der Waals surface area contributed by atoms with Crippen molar-refractivity contribution in [2.75, 3.05) is 13.1 Å². The maximum Gasteiger partial charge on any atom is 0.243 e. The fourth-order valence-corrected chi connectivity index (χ4v) is 3.50. The van der Waals surface area contributed by atoms with E-state index in [0.717, 1.165) is 4.31 Å². The molecule has 1 rings (SSSR count). The average Bonchev–Trinajstić information content (AvgIpc) is 2.35. The zero-order chi connectivity index (χ0) is 15.5. The molecule has 0 saturated heterocycles. The number of amides is 1. The monoisotopic (exact) mass is 315 g/mol. The number of carbonyl (C=O) groups excluding carboxylic acids is 1. The Labute approximate surface area is 123 Å². The minimum absolute atomic E-state index is 0.0749. The number of aryl methyl sites for hydroxylation is 1. The van der Waals surface area contributed by atoms with Crippen LogP contribution in [0.15, 0.2) is 23.1 Å². The van der Waals surface area contributed by atoms with E-state index in [2.05, 4.69) is 0 Å². The minimum Gasteiger partial charge on any atom is -0.389 e. The summed E-state index contributed by atoms with van der Waals surface area (Å²) in [5.74, 6) is -0.710. The maximum atomic E-state index is 12.5. The predicted molar refractivity (Wildman–Crippen MR) is 80.7 cm³/mol. The largest absolute Gasteiger partial charge is 0.389 e. The highest BCUT2D eigenvalue weighted by atomic mass is 32.2. The van der Waals surface area contributed by atoms with Crippen LogP contribution >= 0.6 is 12.2 Å². The summed E-state index contributed by atoms with van der Waals surface area (Å²) >= 11 is 4.85. The number of thiocarbonyl (C=S) groups is 1. The smallest absolute Gasteiger partial charge is 0.243 e. The molecule has 0 spiro atoms. The molecule has 0 radical (unpaired) electrons. The third kappa shape index (κ3) is 3.53. The van der Waals surface area contributed by atoms with Gasteiger partial charge in [0.2, 0.25) is 15.9 Å². The summed E-state index contributed by atoms with van der Waals surface area (Å²) in [5, 5.41) is 0. The molecular formula is C12H17N3O3S2. The number of benzene rings is 1.